The molecule has 0 saturated carbocycles. The Balaban J connectivity index is 0.000000771. The lowest BCUT2D eigenvalue weighted by Crippen LogP contribution is -2.50. The molecule has 28 heavy (non-hydrogen) atoms. The molecular weight excluding hydrogens is 373 g/mol. The Morgan fingerprint density at radius 1 is 1.50 bits per heavy atom. The number of nitrogens with one attached hydrogen (secondary N) is 1. The van der Waals surface area contributed by atoms with Crippen LogP contribution in [0.4, 0.5) is 13.2 Å². The van der Waals surface area contributed by atoms with Crippen LogP contribution in [0.2, 0.25) is 0 Å². The molecular formula is C19H27F3N4O2. The number of fused-ring (bicyclic) bond motifs is 3. The summed E-state index contributed by atoms with van der Waals surface area (Å²) in [6.07, 6.45) is -0.0123. The number of hydrogen-bond donors (Lipinski definition) is 2. The fourth-order valence-electron chi connectivity index (χ4n) is 4.33. The van der Waals surface area contributed by atoms with Crippen molar-refractivity contribution in [2.24, 2.45) is 11.3 Å². The highest BCUT2D eigenvalue weighted by molar-refractivity contribution is 6.02. The van der Waals surface area contributed by atoms with Gasteiger partial charge in [0.2, 0.25) is 5.70 Å². The number of alkyl halides is 3. The predicted octanol–water partition coefficient (Wildman–Crippen LogP) is 3.91. The van der Waals surface area contributed by atoms with Gasteiger partial charge in [0.25, 0.3) is 0 Å². The quantitative estimate of drug-likeness (QED) is 0.552. The van der Waals surface area contributed by atoms with E-state index in [9.17, 15) is 18.0 Å². The van der Waals surface area contributed by atoms with Crippen LogP contribution in [0.1, 0.15) is 47.2 Å². The summed E-state index contributed by atoms with van der Waals surface area (Å²) in [4.78, 5) is 15.9. The monoisotopic (exact) mass is 402 g/mol. The topological polar surface area (TPSA) is 71.5 Å². The molecule has 0 fully saturated rings. The lowest BCUT2D eigenvalue weighted by Gasteiger charge is -2.49. The molecule has 0 saturated heterocycles. The number of ketones is 1. The van der Waals surface area contributed by atoms with Crippen molar-refractivity contribution in [2.75, 3.05) is 7.05 Å². The molecule has 2 aliphatic carbocycles. The first kappa shape index (κ1) is 22.1. The second-order valence-corrected chi connectivity index (χ2v) is 7.61. The van der Waals surface area contributed by atoms with Crippen molar-refractivity contribution < 1.29 is 24.5 Å². The van der Waals surface area contributed by atoms with Crippen molar-refractivity contribution in [2.45, 2.75) is 59.2 Å². The number of hydroxylamine groups is 1. The number of carbonyl (C=O) groups excluding carboxylic acids is 1. The maximum Gasteiger partial charge on any atom is 0.408 e. The molecule has 2 atom stereocenters. The van der Waals surface area contributed by atoms with Gasteiger partial charge < -0.3 is 10.0 Å². The van der Waals surface area contributed by atoms with Crippen molar-refractivity contribution in [1.29, 1.82) is 0 Å². The Labute approximate surface area is 164 Å². The first-order chi connectivity index (χ1) is 13.4. The van der Waals surface area contributed by atoms with Crippen molar-refractivity contribution in [1.82, 2.24) is 15.3 Å². The van der Waals surface area contributed by atoms with E-state index in [1.54, 1.807) is 11.6 Å². The summed E-state index contributed by atoms with van der Waals surface area (Å²) in [6.45, 7) is 11.6. The lowest BCUT2D eigenvalue weighted by atomic mass is 9.53. The first-order valence-electron chi connectivity index (χ1n) is 9.50. The summed E-state index contributed by atoms with van der Waals surface area (Å²) >= 11 is 0. The molecule has 0 unspecified atom stereocenters. The Morgan fingerprint density at radius 2 is 2.07 bits per heavy atom. The van der Waals surface area contributed by atoms with Crippen LogP contribution in [0, 0.1) is 17.9 Å². The molecule has 1 aromatic rings. The average molecular weight is 402 g/mol. The fourth-order valence-corrected chi connectivity index (χ4v) is 4.33. The van der Waals surface area contributed by atoms with E-state index in [2.05, 4.69) is 9.94 Å². The van der Waals surface area contributed by atoms with E-state index in [-0.39, 0.29) is 17.4 Å². The third-order valence-corrected chi connectivity index (χ3v) is 5.36. The molecule has 0 spiro atoms. The first-order valence-corrected chi connectivity index (χ1v) is 8.50. The molecule has 156 valence electrons. The summed E-state index contributed by atoms with van der Waals surface area (Å²) in [5.74, 6) is -0.289. The maximum absolute atomic E-state index is 12.7. The van der Waals surface area contributed by atoms with Crippen LogP contribution < -0.4 is 5.48 Å². The predicted molar refractivity (Wildman–Crippen MR) is 98.5 cm³/mol. The van der Waals surface area contributed by atoms with Crippen LogP contribution in [-0.2, 0) is 23.2 Å². The largest absolute Gasteiger partial charge is 0.408 e. The van der Waals surface area contributed by atoms with Crippen LogP contribution in [0.15, 0.2) is 18.0 Å². The van der Waals surface area contributed by atoms with Gasteiger partial charge in [-0.25, -0.2) is 10.3 Å². The van der Waals surface area contributed by atoms with Crippen LogP contribution in [0.5, 0.6) is 0 Å². The highest BCUT2D eigenvalue weighted by atomic mass is 19.4. The van der Waals surface area contributed by atoms with E-state index in [0.717, 1.165) is 10.2 Å². The molecule has 9 heteroatoms. The highest BCUT2D eigenvalue weighted by Gasteiger charge is 2.54. The highest BCUT2D eigenvalue weighted by Crippen LogP contribution is 2.54. The summed E-state index contributed by atoms with van der Waals surface area (Å²) in [5, 5.41) is 11.5. The molecule has 0 aromatic carbocycles. The van der Waals surface area contributed by atoms with E-state index < -0.39 is 23.6 Å². The minimum Gasteiger partial charge on any atom is -0.317 e. The standard InChI is InChI=1S/C17H18F3N3O.CH5NO.CH4/c1-15(2)12-6-5-10-8-23(9-17(18,19)20)22-13(10)16(12,3)7-11(21-4)14(15)24;1-2-3;/h7-8,12H,5-6,9H2,1-3H3;2-3H,1H3;1H4/t12-,16-;;/m0../s1/i;;1T. The van der Waals surface area contributed by atoms with Gasteiger partial charge in [-0.2, -0.15) is 18.3 Å². The Morgan fingerprint density at radius 3 is 2.57 bits per heavy atom. The second kappa shape index (κ2) is 8.05. The molecule has 2 aliphatic rings. The van der Waals surface area contributed by atoms with Crippen LogP contribution in [0.3, 0.4) is 0 Å². The summed E-state index contributed by atoms with van der Waals surface area (Å²) in [5.41, 5.74) is 1.68. The summed E-state index contributed by atoms with van der Waals surface area (Å²) in [7, 11) is 2.68. The van der Waals surface area contributed by atoms with Crippen LogP contribution >= 0.6 is 0 Å². The Hall–Kier alpha value is -2.18. The zero-order chi connectivity index (χ0) is 22.6. The van der Waals surface area contributed by atoms with Gasteiger partial charge in [-0.3, -0.25) is 4.68 Å². The zero-order valence-corrected chi connectivity index (χ0v) is 16.7. The van der Waals surface area contributed by atoms with Gasteiger partial charge >= 0.3 is 6.18 Å². The smallest absolute Gasteiger partial charge is 0.317 e. The van der Waals surface area contributed by atoms with Crippen molar-refractivity contribution in [3.63, 3.8) is 0 Å². The molecule has 6 nitrogen and oxygen atoms in total. The van der Waals surface area contributed by atoms with E-state index in [1.807, 2.05) is 20.8 Å². The molecule has 2 N–H and O–H groups in total. The number of nitrogens with zero attached hydrogens (tertiary/aromatic N) is 3. The van der Waals surface area contributed by atoms with Gasteiger partial charge in [-0.05, 0) is 24.3 Å². The molecule has 0 aliphatic heterocycles. The number of carbonyl (C=O) groups is 1. The van der Waals surface area contributed by atoms with Crippen molar-refractivity contribution >= 4 is 5.78 Å². The Kier molecular flexibility index (Phi) is 6.36. The number of Topliss-reactive ketones (excluding diaryl/α,β-unsaturated/α-hetero) is 1. The number of halogens is 3. The third kappa shape index (κ3) is 4.13. The summed E-state index contributed by atoms with van der Waals surface area (Å²) < 4.78 is 44.7. The Bertz CT molecular complexity index is 811. The maximum atomic E-state index is 12.7. The van der Waals surface area contributed by atoms with Gasteiger partial charge in [-0.15, -0.1) is 0 Å². The number of hydrogen-bond acceptors (Lipinski definition) is 4. The molecule has 0 amide bonds. The SMILES string of the molecule is CNO.[3H]C.[C-]#[N+]C1=C[C@]2(C)c3nn(CC(F)(F)F)cc3CC[C@H]2C(C)(C)C1=O. The number of rotatable bonds is 1. The van der Waals surface area contributed by atoms with Gasteiger partial charge in [0.05, 0.1) is 12.3 Å². The van der Waals surface area contributed by atoms with Gasteiger partial charge in [-0.1, -0.05) is 34.2 Å². The van der Waals surface area contributed by atoms with Crippen LogP contribution in [-0.4, -0.2) is 34.0 Å². The molecule has 1 heterocycles. The zero-order valence-electron chi connectivity index (χ0n) is 17.7. The van der Waals surface area contributed by atoms with Gasteiger partial charge in [0.1, 0.15) is 6.54 Å². The van der Waals surface area contributed by atoms with Gasteiger partial charge in [0.15, 0.2) is 5.78 Å². The number of allylic oxidation sites excluding steroid dienone is 2. The van der Waals surface area contributed by atoms with E-state index in [1.165, 1.54) is 20.6 Å². The van der Waals surface area contributed by atoms with E-state index >= 15 is 0 Å². The second-order valence-electron chi connectivity index (χ2n) is 7.61. The van der Waals surface area contributed by atoms with Crippen LogP contribution in [0.25, 0.3) is 4.85 Å². The minimum atomic E-state index is -4.34. The minimum absolute atomic E-state index is 0.0528. The van der Waals surface area contributed by atoms with Gasteiger partial charge in [0, 0.05) is 25.4 Å². The number of aryl methyl sites for hydroxylation is 1. The normalized spacial score (nSPS) is 25.4. The van der Waals surface area contributed by atoms with E-state index in [0.29, 0.717) is 18.5 Å². The molecule has 3 rings (SSSR count). The molecule has 0 radical (unpaired) electrons. The molecule has 0 bridgehead atoms. The lowest BCUT2D eigenvalue weighted by molar-refractivity contribution is -0.142. The van der Waals surface area contributed by atoms with Crippen molar-refractivity contribution in [3.05, 3.63) is 40.6 Å². The number of aromatic nitrogens is 2. The third-order valence-electron chi connectivity index (χ3n) is 5.36. The average Bonchev–Trinajstić information content (AvgIpc) is 3.03. The van der Waals surface area contributed by atoms with E-state index in [4.69, 9.17) is 13.2 Å². The van der Waals surface area contributed by atoms with Crippen molar-refractivity contribution in [3.8, 4) is 0 Å². The fraction of sp³-hybridized carbons (Fsp3) is 0.632. The summed E-state index contributed by atoms with van der Waals surface area (Å²) in [6, 6.07) is 0. The molecule has 1 aromatic heterocycles.